The molecule has 3 heteroatoms. The summed E-state index contributed by atoms with van der Waals surface area (Å²) in [5.41, 5.74) is 2.24. The zero-order chi connectivity index (χ0) is 17.2. The predicted molar refractivity (Wildman–Crippen MR) is 96.7 cm³/mol. The number of likely N-dealkylation sites (tertiary alicyclic amines) is 1. The van der Waals surface area contributed by atoms with Crippen molar-refractivity contribution in [3.63, 3.8) is 0 Å². The molecule has 126 valence electrons. The number of quaternary nitrogens is 1. The molecule has 1 heterocycles. The molecule has 1 aliphatic heterocycles. The van der Waals surface area contributed by atoms with Crippen molar-refractivity contribution in [1.82, 2.24) is 5.32 Å². The average Bonchev–Trinajstić information content (AvgIpc) is 2.59. The fraction of sp³-hybridized carbons (Fsp3) is 0.381. The minimum absolute atomic E-state index is 0.0390. The van der Waals surface area contributed by atoms with E-state index in [2.05, 4.69) is 73.9 Å². The smallest absolute Gasteiger partial charge is 0.217 e. The van der Waals surface area contributed by atoms with Crippen molar-refractivity contribution in [3.8, 4) is 0 Å². The van der Waals surface area contributed by atoms with Crippen LogP contribution in [0.1, 0.15) is 37.4 Å². The Labute approximate surface area is 144 Å². The van der Waals surface area contributed by atoms with Crippen molar-refractivity contribution in [2.45, 2.75) is 31.8 Å². The Bertz CT molecular complexity index is 685. The maximum atomic E-state index is 12.0. The molecule has 4 atom stereocenters. The zero-order valence-corrected chi connectivity index (χ0v) is 14.8. The van der Waals surface area contributed by atoms with Gasteiger partial charge in [0.05, 0.1) is 19.1 Å². The Morgan fingerprint density at radius 3 is 2.25 bits per heavy atom. The Morgan fingerprint density at radius 1 is 1.08 bits per heavy atom. The average molecular weight is 323 g/mol. The lowest BCUT2D eigenvalue weighted by Crippen LogP contribution is -3.12. The number of piperidine rings is 1. The quantitative estimate of drug-likeness (QED) is 0.893. The molecule has 0 radical (unpaired) electrons. The fourth-order valence-corrected chi connectivity index (χ4v) is 4.43. The molecule has 1 saturated heterocycles. The van der Waals surface area contributed by atoms with Crippen molar-refractivity contribution >= 4 is 5.91 Å². The lowest BCUT2D eigenvalue weighted by Gasteiger charge is -2.49. The third kappa shape index (κ3) is 2.96. The van der Waals surface area contributed by atoms with E-state index in [0.29, 0.717) is 12.0 Å². The third-order valence-electron chi connectivity index (χ3n) is 5.57. The van der Waals surface area contributed by atoms with Crippen LogP contribution in [0.4, 0.5) is 0 Å². The zero-order valence-electron chi connectivity index (χ0n) is 14.8. The monoisotopic (exact) mass is 323 g/mol. The van der Waals surface area contributed by atoms with Gasteiger partial charge in [-0.25, -0.2) is 0 Å². The number of hydrogen-bond acceptors (Lipinski definition) is 1. The lowest BCUT2D eigenvalue weighted by atomic mass is 9.68. The molecule has 0 aromatic heterocycles. The van der Waals surface area contributed by atoms with Gasteiger partial charge in [0.2, 0.25) is 5.91 Å². The molecule has 0 spiro atoms. The van der Waals surface area contributed by atoms with Crippen molar-refractivity contribution in [2.75, 3.05) is 13.6 Å². The van der Waals surface area contributed by atoms with Gasteiger partial charge >= 0.3 is 0 Å². The molecule has 3 nitrogen and oxygen atoms in total. The van der Waals surface area contributed by atoms with Crippen LogP contribution in [0.5, 0.6) is 0 Å². The molecule has 24 heavy (non-hydrogen) atoms. The van der Waals surface area contributed by atoms with Gasteiger partial charge in [-0.1, -0.05) is 67.6 Å². The van der Waals surface area contributed by atoms with Crippen molar-refractivity contribution in [2.24, 2.45) is 5.92 Å². The Kier molecular flexibility index (Phi) is 4.72. The molecule has 1 aliphatic rings. The van der Waals surface area contributed by atoms with Crippen LogP contribution in [-0.4, -0.2) is 19.5 Å². The second kappa shape index (κ2) is 6.78. The summed E-state index contributed by atoms with van der Waals surface area (Å²) in [6, 6.07) is 21.5. The number of carbonyl (C=O) groups excluding carboxylic acids is 1. The number of carbonyl (C=O) groups is 1. The van der Waals surface area contributed by atoms with Crippen LogP contribution >= 0.6 is 0 Å². The maximum Gasteiger partial charge on any atom is 0.217 e. The van der Waals surface area contributed by atoms with Crippen LogP contribution in [0.15, 0.2) is 60.7 Å². The van der Waals surface area contributed by atoms with Gasteiger partial charge in [-0.15, -0.1) is 0 Å². The molecule has 0 aliphatic carbocycles. The molecule has 3 rings (SSSR count). The van der Waals surface area contributed by atoms with E-state index in [-0.39, 0.29) is 11.4 Å². The fourth-order valence-electron chi connectivity index (χ4n) is 4.43. The first-order valence-corrected chi connectivity index (χ1v) is 8.76. The normalized spacial score (nSPS) is 29.9. The summed E-state index contributed by atoms with van der Waals surface area (Å²) in [6.45, 7) is 4.93. The minimum atomic E-state index is -0.312. The van der Waals surface area contributed by atoms with Gasteiger partial charge in [0.25, 0.3) is 0 Å². The van der Waals surface area contributed by atoms with E-state index in [0.717, 1.165) is 13.0 Å². The highest BCUT2D eigenvalue weighted by atomic mass is 16.1. The van der Waals surface area contributed by atoms with Gasteiger partial charge in [-0.3, -0.25) is 4.79 Å². The molecule has 1 fully saturated rings. The highest BCUT2D eigenvalue weighted by Gasteiger charge is 2.49. The summed E-state index contributed by atoms with van der Waals surface area (Å²) in [7, 11) is 2.26. The van der Waals surface area contributed by atoms with Crippen LogP contribution in [0.2, 0.25) is 0 Å². The van der Waals surface area contributed by atoms with Crippen LogP contribution < -0.4 is 10.2 Å². The maximum absolute atomic E-state index is 12.0. The van der Waals surface area contributed by atoms with Crippen LogP contribution in [-0.2, 0) is 10.3 Å². The number of amides is 1. The summed E-state index contributed by atoms with van der Waals surface area (Å²) in [5.74, 6) is 0.331. The molecule has 2 aromatic carbocycles. The third-order valence-corrected chi connectivity index (χ3v) is 5.57. The first-order valence-electron chi connectivity index (χ1n) is 8.76. The van der Waals surface area contributed by atoms with Crippen LogP contribution in [0.3, 0.4) is 0 Å². The van der Waals surface area contributed by atoms with Gasteiger partial charge in [-0.2, -0.15) is 0 Å². The molecule has 2 N–H and O–H groups in total. The molecule has 0 saturated carbocycles. The van der Waals surface area contributed by atoms with E-state index in [9.17, 15) is 4.79 Å². The molecule has 2 aromatic rings. The first kappa shape index (κ1) is 16.7. The summed E-state index contributed by atoms with van der Waals surface area (Å²) >= 11 is 0. The number of hydrogen-bond donors (Lipinski definition) is 2. The van der Waals surface area contributed by atoms with Crippen molar-refractivity contribution in [1.29, 1.82) is 0 Å². The largest absolute Gasteiger partial charge is 0.346 e. The predicted octanol–water partition coefficient (Wildman–Crippen LogP) is 2.31. The topological polar surface area (TPSA) is 33.5 Å². The summed E-state index contributed by atoms with van der Waals surface area (Å²) < 4.78 is 0. The molecule has 0 bridgehead atoms. The van der Waals surface area contributed by atoms with E-state index >= 15 is 0 Å². The van der Waals surface area contributed by atoms with Crippen LogP contribution in [0.25, 0.3) is 0 Å². The standard InChI is InChI=1S/C21H26N2O/c1-16-20(18-10-6-4-7-11-18)23(3)15-14-21(16,22-17(2)24)19-12-8-5-9-13-19/h4-13,16,20H,14-15H2,1-3H3,(H,22,24)/p+1/t16-,20-,21+/m0/s1. The van der Waals surface area contributed by atoms with Gasteiger partial charge in [0.1, 0.15) is 6.04 Å². The highest BCUT2D eigenvalue weighted by Crippen LogP contribution is 2.41. The van der Waals surface area contributed by atoms with Gasteiger partial charge in [0, 0.05) is 24.8 Å². The number of rotatable bonds is 3. The van der Waals surface area contributed by atoms with Crippen LogP contribution in [0, 0.1) is 5.92 Å². The van der Waals surface area contributed by atoms with E-state index in [1.165, 1.54) is 16.0 Å². The van der Waals surface area contributed by atoms with Gasteiger partial charge < -0.3 is 10.2 Å². The molecule has 1 amide bonds. The SMILES string of the molecule is CC(=O)N[C@]1(c2ccccc2)CC[NH+](C)[C@H](c2ccccc2)[C@@H]1C. The molecular formula is C21H27N2O+. The lowest BCUT2D eigenvalue weighted by molar-refractivity contribution is -0.924. The second-order valence-electron chi connectivity index (χ2n) is 7.04. The molecule has 1 unspecified atom stereocenters. The van der Waals surface area contributed by atoms with Gasteiger partial charge in [-0.05, 0) is 5.56 Å². The van der Waals surface area contributed by atoms with Crippen molar-refractivity contribution < 1.29 is 9.69 Å². The molecular weight excluding hydrogens is 296 g/mol. The summed E-state index contributed by atoms with van der Waals surface area (Å²) in [5, 5.41) is 3.33. The summed E-state index contributed by atoms with van der Waals surface area (Å²) in [6.07, 6.45) is 0.951. The highest BCUT2D eigenvalue weighted by molar-refractivity contribution is 5.74. The summed E-state index contributed by atoms with van der Waals surface area (Å²) in [4.78, 5) is 13.5. The Balaban J connectivity index is 2.07. The number of nitrogens with one attached hydrogen (secondary N) is 2. The number of benzene rings is 2. The Morgan fingerprint density at radius 2 is 1.67 bits per heavy atom. The van der Waals surface area contributed by atoms with E-state index < -0.39 is 0 Å². The Hall–Kier alpha value is -2.13. The van der Waals surface area contributed by atoms with E-state index in [1.54, 1.807) is 6.92 Å². The van der Waals surface area contributed by atoms with E-state index in [4.69, 9.17) is 0 Å². The van der Waals surface area contributed by atoms with E-state index in [1.807, 2.05) is 6.07 Å². The minimum Gasteiger partial charge on any atom is -0.346 e. The van der Waals surface area contributed by atoms with Gasteiger partial charge in [0.15, 0.2) is 0 Å². The first-order chi connectivity index (χ1) is 11.5. The van der Waals surface area contributed by atoms with Crippen molar-refractivity contribution in [3.05, 3.63) is 71.8 Å². The second-order valence-corrected chi connectivity index (χ2v) is 7.04.